The molecule has 0 bridgehead atoms. The van der Waals surface area contributed by atoms with Crippen LogP contribution in [0.25, 0.3) is 0 Å². The van der Waals surface area contributed by atoms with E-state index in [-0.39, 0.29) is 35.4 Å². The Morgan fingerprint density at radius 1 is 0.933 bits per heavy atom. The zero-order valence-corrected chi connectivity index (χ0v) is 16.3. The summed E-state index contributed by atoms with van der Waals surface area (Å²) in [6.45, 7) is 0.442. The second-order valence-corrected chi connectivity index (χ2v) is 6.90. The Balaban J connectivity index is 1.47. The van der Waals surface area contributed by atoms with Crippen LogP contribution in [0, 0.1) is 5.82 Å². The number of anilines is 1. The van der Waals surface area contributed by atoms with Crippen LogP contribution < -0.4 is 20.1 Å². The van der Waals surface area contributed by atoms with Gasteiger partial charge in [0.1, 0.15) is 5.82 Å². The molecule has 0 fully saturated rings. The molecule has 1 aliphatic heterocycles. The van der Waals surface area contributed by atoms with Gasteiger partial charge in [-0.1, -0.05) is 29.8 Å². The number of benzene rings is 3. The molecule has 6 nitrogen and oxygen atoms in total. The average Bonchev–Trinajstić information content (AvgIpc) is 3.20. The van der Waals surface area contributed by atoms with Crippen molar-refractivity contribution in [3.8, 4) is 11.5 Å². The zero-order chi connectivity index (χ0) is 21.1. The van der Waals surface area contributed by atoms with E-state index in [9.17, 15) is 14.0 Å². The monoisotopic (exact) mass is 426 g/mol. The number of carbonyl (C=O) groups is 2. The number of carbonyl (C=O) groups excluding carboxylic acids is 2. The number of hydrogen-bond acceptors (Lipinski definition) is 4. The highest BCUT2D eigenvalue weighted by atomic mass is 35.5. The molecule has 2 amide bonds. The summed E-state index contributed by atoms with van der Waals surface area (Å²) in [4.78, 5) is 25.2. The van der Waals surface area contributed by atoms with Crippen molar-refractivity contribution in [1.82, 2.24) is 5.32 Å². The molecule has 3 aromatic carbocycles. The molecule has 30 heavy (non-hydrogen) atoms. The molecule has 0 aromatic heterocycles. The van der Waals surface area contributed by atoms with Crippen LogP contribution in [-0.2, 0) is 6.54 Å². The molecule has 0 unspecified atom stereocenters. The first-order valence-electron chi connectivity index (χ1n) is 9.03. The first-order valence-corrected chi connectivity index (χ1v) is 9.41. The minimum absolute atomic E-state index is 0.0164. The number of halogens is 2. The van der Waals surface area contributed by atoms with Crippen molar-refractivity contribution < 1.29 is 23.5 Å². The maximum atomic E-state index is 13.2. The van der Waals surface area contributed by atoms with Crippen LogP contribution in [0.3, 0.4) is 0 Å². The Kier molecular flexibility index (Phi) is 5.54. The number of amides is 2. The molecule has 0 spiro atoms. The highest BCUT2D eigenvalue weighted by Gasteiger charge is 2.17. The van der Waals surface area contributed by atoms with Crippen molar-refractivity contribution in [3.05, 3.63) is 88.2 Å². The first-order chi connectivity index (χ1) is 14.5. The molecule has 0 saturated carbocycles. The molecule has 4 rings (SSSR count). The lowest BCUT2D eigenvalue weighted by Gasteiger charge is -2.12. The minimum Gasteiger partial charge on any atom is -0.454 e. The number of nitrogens with one attached hydrogen (secondary N) is 2. The van der Waals surface area contributed by atoms with Crippen LogP contribution in [0.1, 0.15) is 26.3 Å². The topological polar surface area (TPSA) is 76.7 Å². The standard InChI is InChI=1S/C22H16ClFN2O4/c23-17-10-14(24)6-7-15(17)22(28)26-18-4-2-1-3-16(18)21(27)25-11-13-5-8-19-20(9-13)30-12-29-19/h1-10H,11-12H2,(H,25,27)(H,26,28). The summed E-state index contributed by atoms with van der Waals surface area (Å²) in [5.41, 5.74) is 1.54. The number of rotatable bonds is 5. The molecule has 1 aliphatic rings. The zero-order valence-electron chi connectivity index (χ0n) is 15.6. The van der Waals surface area contributed by atoms with Crippen LogP contribution in [0.5, 0.6) is 11.5 Å². The van der Waals surface area contributed by atoms with Crippen molar-refractivity contribution in [2.45, 2.75) is 6.54 Å². The van der Waals surface area contributed by atoms with Gasteiger partial charge in [-0.25, -0.2) is 4.39 Å². The van der Waals surface area contributed by atoms with Gasteiger partial charge in [0.15, 0.2) is 11.5 Å². The van der Waals surface area contributed by atoms with Gasteiger partial charge in [-0.3, -0.25) is 9.59 Å². The molecule has 3 aromatic rings. The molecule has 152 valence electrons. The van der Waals surface area contributed by atoms with Gasteiger partial charge in [-0.05, 0) is 48.0 Å². The molecule has 1 heterocycles. The lowest BCUT2D eigenvalue weighted by molar-refractivity contribution is 0.0951. The van der Waals surface area contributed by atoms with Crippen molar-refractivity contribution >= 4 is 29.1 Å². The van der Waals surface area contributed by atoms with E-state index < -0.39 is 11.7 Å². The Hall–Kier alpha value is -3.58. The number of para-hydroxylation sites is 1. The quantitative estimate of drug-likeness (QED) is 0.634. The van der Waals surface area contributed by atoms with E-state index in [1.54, 1.807) is 36.4 Å². The van der Waals surface area contributed by atoms with E-state index in [1.165, 1.54) is 6.07 Å². The van der Waals surface area contributed by atoms with Gasteiger partial charge in [0.2, 0.25) is 6.79 Å². The first kappa shape index (κ1) is 19.7. The van der Waals surface area contributed by atoms with Gasteiger partial charge in [0, 0.05) is 6.54 Å². The normalized spacial score (nSPS) is 11.8. The third kappa shape index (κ3) is 4.21. The van der Waals surface area contributed by atoms with Crippen molar-refractivity contribution in [2.75, 3.05) is 12.1 Å². The Bertz CT molecular complexity index is 1140. The highest BCUT2D eigenvalue weighted by molar-refractivity contribution is 6.34. The molecular weight excluding hydrogens is 411 g/mol. The van der Waals surface area contributed by atoms with Crippen LogP contribution in [0.2, 0.25) is 5.02 Å². The van der Waals surface area contributed by atoms with Crippen LogP contribution in [0.4, 0.5) is 10.1 Å². The molecule has 0 atom stereocenters. The largest absolute Gasteiger partial charge is 0.454 e. The van der Waals surface area contributed by atoms with Crippen molar-refractivity contribution in [2.24, 2.45) is 0 Å². The van der Waals surface area contributed by atoms with Gasteiger partial charge in [0.05, 0.1) is 21.8 Å². The summed E-state index contributed by atoms with van der Waals surface area (Å²) in [5, 5.41) is 5.46. The fourth-order valence-electron chi connectivity index (χ4n) is 2.98. The second kappa shape index (κ2) is 8.42. The summed E-state index contributed by atoms with van der Waals surface area (Å²) in [7, 11) is 0. The summed E-state index contributed by atoms with van der Waals surface area (Å²) in [6.07, 6.45) is 0. The summed E-state index contributed by atoms with van der Waals surface area (Å²) >= 11 is 5.95. The van der Waals surface area contributed by atoms with E-state index in [4.69, 9.17) is 21.1 Å². The van der Waals surface area contributed by atoms with Crippen molar-refractivity contribution in [3.63, 3.8) is 0 Å². The predicted molar refractivity (Wildman–Crippen MR) is 110 cm³/mol. The maximum absolute atomic E-state index is 13.2. The summed E-state index contributed by atoms with van der Waals surface area (Å²) in [6, 6.07) is 15.5. The average molecular weight is 427 g/mol. The third-order valence-corrected chi connectivity index (χ3v) is 4.80. The Morgan fingerprint density at radius 2 is 1.73 bits per heavy atom. The van der Waals surface area contributed by atoms with Gasteiger partial charge >= 0.3 is 0 Å². The summed E-state index contributed by atoms with van der Waals surface area (Å²) in [5.74, 6) is -0.159. The second-order valence-electron chi connectivity index (χ2n) is 6.49. The number of ether oxygens (including phenoxy) is 2. The lowest BCUT2D eigenvalue weighted by atomic mass is 10.1. The number of hydrogen-bond donors (Lipinski definition) is 2. The van der Waals surface area contributed by atoms with Gasteiger partial charge < -0.3 is 20.1 Å². The molecule has 2 N–H and O–H groups in total. The van der Waals surface area contributed by atoms with E-state index in [0.29, 0.717) is 17.2 Å². The van der Waals surface area contributed by atoms with Gasteiger partial charge in [-0.2, -0.15) is 0 Å². The fourth-order valence-corrected chi connectivity index (χ4v) is 3.23. The Morgan fingerprint density at radius 3 is 2.57 bits per heavy atom. The van der Waals surface area contributed by atoms with Gasteiger partial charge in [-0.15, -0.1) is 0 Å². The predicted octanol–water partition coefficient (Wildman–Crippen LogP) is 4.39. The SMILES string of the molecule is O=C(Nc1ccccc1C(=O)NCc1ccc2c(c1)OCO2)c1ccc(F)cc1Cl. The molecule has 8 heteroatoms. The fraction of sp³-hybridized carbons (Fsp3) is 0.0909. The number of fused-ring (bicyclic) bond motifs is 1. The highest BCUT2D eigenvalue weighted by Crippen LogP contribution is 2.32. The minimum atomic E-state index is -0.545. The van der Waals surface area contributed by atoms with E-state index >= 15 is 0 Å². The van der Waals surface area contributed by atoms with E-state index in [1.807, 2.05) is 6.07 Å². The Labute approximate surface area is 176 Å². The molecule has 0 aliphatic carbocycles. The van der Waals surface area contributed by atoms with E-state index in [0.717, 1.165) is 17.7 Å². The summed E-state index contributed by atoms with van der Waals surface area (Å²) < 4.78 is 23.8. The van der Waals surface area contributed by atoms with Crippen molar-refractivity contribution in [1.29, 1.82) is 0 Å². The maximum Gasteiger partial charge on any atom is 0.257 e. The van der Waals surface area contributed by atoms with Gasteiger partial charge in [0.25, 0.3) is 11.8 Å². The van der Waals surface area contributed by atoms with Crippen LogP contribution in [0.15, 0.2) is 60.7 Å². The lowest BCUT2D eigenvalue weighted by Crippen LogP contribution is -2.25. The molecular formula is C22H16ClFN2O4. The smallest absolute Gasteiger partial charge is 0.257 e. The third-order valence-electron chi connectivity index (χ3n) is 4.49. The molecule has 0 radical (unpaired) electrons. The molecule has 0 saturated heterocycles. The van der Waals surface area contributed by atoms with Crippen LogP contribution >= 0.6 is 11.6 Å². The van der Waals surface area contributed by atoms with E-state index in [2.05, 4.69) is 10.6 Å². The van der Waals surface area contributed by atoms with Crippen LogP contribution in [-0.4, -0.2) is 18.6 Å².